The number of carbonyl (C=O) groups is 1. The maximum Gasteiger partial charge on any atom is 0.245 e. The van der Waals surface area contributed by atoms with Crippen molar-refractivity contribution in [2.24, 2.45) is 0 Å². The van der Waals surface area contributed by atoms with Gasteiger partial charge in [-0.2, -0.15) is 4.98 Å². The summed E-state index contributed by atoms with van der Waals surface area (Å²) in [6.45, 7) is 4.28. The highest BCUT2D eigenvalue weighted by atomic mass is 79.9. The fourth-order valence-corrected chi connectivity index (χ4v) is 2.67. The van der Waals surface area contributed by atoms with Gasteiger partial charge in [-0.1, -0.05) is 0 Å². The molecule has 1 saturated heterocycles. The van der Waals surface area contributed by atoms with Crippen LogP contribution >= 0.6 is 15.9 Å². The van der Waals surface area contributed by atoms with E-state index in [2.05, 4.69) is 31.3 Å². The predicted octanol–water partition coefficient (Wildman–Crippen LogP) is 1.15. The number of ether oxygens (including phenoxy) is 1. The molecule has 1 amide bonds. The second-order valence-corrected chi connectivity index (χ2v) is 5.72. The van der Waals surface area contributed by atoms with Crippen LogP contribution in [0, 0.1) is 0 Å². The van der Waals surface area contributed by atoms with Crippen LogP contribution in [0.3, 0.4) is 0 Å². The summed E-state index contributed by atoms with van der Waals surface area (Å²) < 4.78 is 7.78. The molecule has 0 bridgehead atoms. The zero-order valence-electron chi connectivity index (χ0n) is 11.6. The standard InChI is InChI=1S/C13H16BrN5O2/c1-9(12(20)18-5-7-21-8-6-18)15-13-16-11-10(14)3-2-4-19(11)17-13/h2-4,9H,5-8H2,1H3,(H,15,17). The first-order valence-corrected chi connectivity index (χ1v) is 7.58. The van der Waals surface area contributed by atoms with Gasteiger partial charge in [-0.05, 0) is 35.0 Å². The van der Waals surface area contributed by atoms with Gasteiger partial charge in [0.15, 0.2) is 5.65 Å². The number of nitrogens with one attached hydrogen (secondary N) is 1. The number of amides is 1. The number of halogens is 1. The van der Waals surface area contributed by atoms with Crippen molar-refractivity contribution in [2.45, 2.75) is 13.0 Å². The van der Waals surface area contributed by atoms with Crippen LogP contribution in [0.1, 0.15) is 6.92 Å². The number of carbonyl (C=O) groups excluding carboxylic acids is 1. The van der Waals surface area contributed by atoms with E-state index in [0.717, 1.165) is 4.47 Å². The second-order valence-electron chi connectivity index (χ2n) is 4.86. The monoisotopic (exact) mass is 353 g/mol. The molecule has 1 fully saturated rings. The first-order valence-electron chi connectivity index (χ1n) is 6.79. The van der Waals surface area contributed by atoms with Crippen molar-refractivity contribution in [2.75, 3.05) is 31.6 Å². The summed E-state index contributed by atoms with van der Waals surface area (Å²) in [7, 11) is 0. The van der Waals surface area contributed by atoms with E-state index in [-0.39, 0.29) is 11.9 Å². The van der Waals surface area contributed by atoms with E-state index in [0.29, 0.717) is 37.9 Å². The Bertz CT molecular complexity index is 653. The van der Waals surface area contributed by atoms with Crippen molar-refractivity contribution in [1.82, 2.24) is 19.5 Å². The Morgan fingerprint density at radius 1 is 1.48 bits per heavy atom. The van der Waals surface area contributed by atoms with Crippen molar-refractivity contribution in [3.05, 3.63) is 22.8 Å². The number of nitrogens with zero attached hydrogens (tertiary/aromatic N) is 4. The minimum Gasteiger partial charge on any atom is -0.378 e. The van der Waals surface area contributed by atoms with Gasteiger partial charge in [0.05, 0.1) is 17.7 Å². The summed E-state index contributed by atoms with van der Waals surface area (Å²) in [6.07, 6.45) is 1.81. The zero-order valence-corrected chi connectivity index (χ0v) is 13.2. The molecule has 0 aromatic carbocycles. The maximum absolute atomic E-state index is 12.3. The molecule has 1 atom stereocenters. The largest absolute Gasteiger partial charge is 0.378 e. The molecule has 2 aromatic rings. The van der Waals surface area contributed by atoms with Crippen LogP contribution in [-0.4, -0.2) is 57.8 Å². The Morgan fingerprint density at radius 2 is 2.24 bits per heavy atom. The molecular formula is C13H16BrN5O2. The number of aromatic nitrogens is 3. The Hall–Kier alpha value is -1.67. The van der Waals surface area contributed by atoms with Crippen LogP contribution in [0.5, 0.6) is 0 Å². The van der Waals surface area contributed by atoms with E-state index in [1.807, 2.05) is 25.3 Å². The van der Waals surface area contributed by atoms with Crippen LogP contribution in [0.25, 0.3) is 5.65 Å². The van der Waals surface area contributed by atoms with E-state index in [1.54, 1.807) is 9.42 Å². The van der Waals surface area contributed by atoms with Crippen LogP contribution in [0.15, 0.2) is 22.8 Å². The summed E-state index contributed by atoms with van der Waals surface area (Å²) in [6, 6.07) is 3.40. The number of morpholine rings is 1. The molecule has 1 aliphatic rings. The summed E-state index contributed by atoms with van der Waals surface area (Å²) in [5.74, 6) is 0.479. The van der Waals surface area contributed by atoms with Gasteiger partial charge in [0.25, 0.3) is 0 Å². The SMILES string of the molecule is CC(Nc1nc2c(Br)cccn2n1)C(=O)N1CCOCC1. The normalized spacial score (nSPS) is 17.0. The molecule has 1 aliphatic heterocycles. The van der Waals surface area contributed by atoms with Crippen molar-refractivity contribution >= 4 is 33.4 Å². The topological polar surface area (TPSA) is 71.8 Å². The lowest BCUT2D eigenvalue weighted by Gasteiger charge is -2.29. The van der Waals surface area contributed by atoms with Gasteiger partial charge < -0.3 is 15.0 Å². The fourth-order valence-electron chi connectivity index (χ4n) is 2.25. The summed E-state index contributed by atoms with van der Waals surface area (Å²) in [5, 5.41) is 7.37. The molecule has 0 aliphatic carbocycles. The first-order chi connectivity index (χ1) is 10.1. The molecule has 2 aromatic heterocycles. The number of hydrogen-bond donors (Lipinski definition) is 1. The third kappa shape index (κ3) is 3.01. The Kier molecular flexibility index (Phi) is 4.07. The minimum absolute atomic E-state index is 0.0382. The average molecular weight is 354 g/mol. The maximum atomic E-state index is 12.3. The molecule has 8 heteroatoms. The highest BCUT2D eigenvalue weighted by Crippen LogP contribution is 2.17. The van der Waals surface area contributed by atoms with Crippen LogP contribution in [-0.2, 0) is 9.53 Å². The first kappa shape index (κ1) is 14.3. The average Bonchev–Trinajstić information content (AvgIpc) is 2.91. The third-order valence-electron chi connectivity index (χ3n) is 3.35. The Labute approximate surface area is 130 Å². The molecular weight excluding hydrogens is 338 g/mol. The van der Waals surface area contributed by atoms with Crippen LogP contribution < -0.4 is 5.32 Å². The van der Waals surface area contributed by atoms with E-state index in [9.17, 15) is 4.79 Å². The highest BCUT2D eigenvalue weighted by molar-refractivity contribution is 9.10. The van der Waals surface area contributed by atoms with Crippen molar-refractivity contribution < 1.29 is 9.53 Å². The van der Waals surface area contributed by atoms with Gasteiger partial charge in [-0.3, -0.25) is 4.79 Å². The summed E-state index contributed by atoms with van der Waals surface area (Å²) >= 11 is 3.43. The molecule has 112 valence electrons. The van der Waals surface area contributed by atoms with Crippen molar-refractivity contribution in [1.29, 1.82) is 0 Å². The molecule has 21 heavy (non-hydrogen) atoms. The molecule has 0 saturated carbocycles. The van der Waals surface area contributed by atoms with Gasteiger partial charge in [0.2, 0.25) is 11.9 Å². The summed E-state index contributed by atoms with van der Waals surface area (Å²) in [4.78, 5) is 18.5. The van der Waals surface area contributed by atoms with Gasteiger partial charge in [-0.15, -0.1) is 5.10 Å². The van der Waals surface area contributed by atoms with E-state index >= 15 is 0 Å². The highest BCUT2D eigenvalue weighted by Gasteiger charge is 2.23. The van der Waals surface area contributed by atoms with Gasteiger partial charge in [0, 0.05) is 19.3 Å². The third-order valence-corrected chi connectivity index (χ3v) is 3.97. The molecule has 0 spiro atoms. The molecule has 7 nitrogen and oxygen atoms in total. The lowest BCUT2D eigenvalue weighted by Crippen LogP contribution is -2.47. The van der Waals surface area contributed by atoms with Crippen LogP contribution in [0.4, 0.5) is 5.95 Å². The van der Waals surface area contributed by atoms with Gasteiger partial charge >= 0.3 is 0 Å². The smallest absolute Gasteiger partial charge is 0.245 e. The van der Waals surface area contributed by atoms with E-state index in [4.69, 9.17) is 4.74 Å². The Morgan fingerprint density at radius 3 is 2.95 bits per heavy atom. The van der Waals surface area contributed by atoms with E-state index < -0.39 is 0 Å². The minimum atomic E-state index is -0.376. The number of pyridine rings is 1. The lowest BCUT2D eigenvalue weighted by atomic mass is 10.2. The number of hydrogen-bond acceptors (Lipinski definition) is 5. The number of rotatable bonds is 3. The van der Waals surface area contributed by atoms with Crippen molar-refractivity contribution in [3.63, 3.8) is 0 Å². The summed E-state index contributed by atoms with van der Waals surface area (Å²) in [5.41, 5.74) is 0.714. The number of fused-ring (bicyclic) bond motifs is 1. The predicted molar refractivity (Wildman–Crippen MR) is 81.2 cm³/mol. The van der Waals surface area contributed by atoms with Crippen LogP contribution in [0.2, 0.25) is 0 Å². The fraction of sp³-hybridized carbons (Fsp3) is 0.462. The molecule has 1 unspecified atom stereocenters. The van der Waals surface area contributed by atoms with E-state index in [1.165, 1.54) is 0 Å². The van der Waals surface area contributed by atoms with Gasteiger partial charge in [-0.25, -0.2) is 4.52 Å². The van der Waals surface area contributed by atoms with Crippen molar-refractivity contribution in [3.8, 4) is 0 Å². The van der Waals surface area contributed by atoms with Gasteiger partial charge in [0.1, 0.15) is 6.04 Å². The molecule has 3 heterocycles. The quantitative estimate of drug-likeness (QED) is 0.896. The molecule has 0 radical (unpaired) electrons. The Balaban J connectivity index is 1.72. The lowest BCUT2D eigenvalue weighted by molar-refractivity contribution is -0.135. The second kappa shape index (κ2) is 5.98. The zero-order chi connectivity index (χ0) is 14.8. The molecule has 1 N–H and O–H groups in total. The number of anilines is 1. The molecule has 3 rings (SSSR count).